The van der Waals surface area contributed by atoms with Crippen LogP contribution in [0.25, 0.3) is 11.2 Å². The second kappa shape index (κ2) is 10.5. The lowest BCUT2D eigenvalue weighted by atomic mass is 9.90. The molecule has 206 valence electrons. The van der Waals surface area contributed by atoms with Gasteiger partial charge in [-0.25, -0.2) is 28.1 Å². The molecular formula is C14H20FN6O12P3S. The number of phosphoric ester groups is 1. The summed E-state index contributed by atoms with van der Waals surface area (Å²) in [7, 11) is -17.0. The highest BCUT2D eigenvalue weighted by Gasteiger charge is 2.57. The van der Waals surface area contributed by atoms with Gasteiger partial charge >= 0.3 is 23.5 Å². The predicted molar refractivity (Wildman–Crippen MR) is 122 cm³/mol. The van der Waals surface area contributed by atoms with Gasteiger partial charge in [0.25, 0.3) is 0 Å². The molecule has 1 aliphatic heterocycles. The number of halogens is 1. The number of aliphatic hydroxyl groups is 1. The molecule has 3 rings (SSSR count). The SMILES string of the molecule is C[C@H](OP(=O)(O)OP(=O)(O)OP(=O)(O)O)[C@H]1O[C@@H](n2cnc3c(=S)nc(N)[nH]c32)C(N)(C#CCF)[C@H]1O. The molecule has 0 aromatic carbocycles. The molecule has 1 fully saturated rings. The largest absolute Gasteiger partial charge is 0.490 e. The maximum absolute atomic E-state index is 12.9. The smallest absolute Gasteiger partial charge is 0.387 e. The Morgan fingerprint density at radius 2 is 1.97 bits per heavy atom. The highest BCUT2D eigenvalue weighted by Crippen LogP contribution is 2.66. The molecule has 18 nitrogen and oxygen atoms in total. The number of phosphoric acid groups is 3. The van der Waals surface area contributed by atoms with Crippen LogP contribution in [0.2, 0.25) is 0 Å². The number of nitrogens with two attached hydrogens (primary N) is 2. The Bertz CT molecular complexity index is 1460. The molecule has 23 heteroatoms. The zero-order valence-corrected chi connectivity index (χ0v) is 21.8. The number of rotatable bonds is 8. The molecule has 37 heavy (non-hydrogen) atoms. The molecule has 3 heterocycles. The second-order valence-corrected chi connectivity index (χ2v) is 12.2. The van der Waals surface area contributed by atoms with Crippen LogP contribution in [0.5, 0.6) is 0 Å². The molecule has 0 radical (unpaired) electrons. The Balaban J connectivity index is 1.95. The Morgan fingerprint density at radius 3 is 2.57 bits per heavy atom. The molecule has 0 bridgehead atoms. The summed E-state index contributed by atoms with van der Waals surface area (Å²) >= 11 is 5.10. The lowest BCUT2D eigenvalue weighted by Crippen LogP contribution is -2.54. The third-order valence-electron chi connectivity index (χ3n) is 4.76. The lowest BCUT2D eigenvalue weighted by molar-refractivity contribution is -0.0733. The van der Waals surface area contributed by atoms with Crippen molar-refractivity contribution in [2.75, 3.05) is 12.4 Å². The Labute approximate surface area is 211 Å². The third-order valence-corrected chi connectivity index (χ3v) is 8.97. The minimum atomic E-state index is -5.80. The fourth-order valence-corrected chi connectivity index (χ4v) is 6.89. The first-order valence-electron chi connectivity index (χ1n) is 9.62. The fourth-order valence-electron chi connectivity index (χ4n) is 3.44. The van der Waals surface area contributed by atoms with E-state index in [4.69, 9.17) is 42.7 Å². The summed E-state index contributed by atoms with van der Waals surface area (Å²) in [5.41, 5.74) is 10.1. The number of nitrogens with zero attached hydrogens (tertiary/aromatic N) is 3. The van der Waals surface area contributed by atoms with E-state index in [0.29, 0.717) is 0 Å². The first-order valence-corrected chi connectivity index (χ1v) is 14.5. The number of aromatic nitrogens is 4. The van der Waals surface area contributed by atoms with E-state index in [0.717, 1.165) is 6.92 Å². The molecule has 2 aromatic rings. The number of anilines is 1. The van der Waals surface area contributed by atoms with Crippen molar-refractivity contribution in [3.05, 3.63) is 11.0 Å². The quantitative estimate of drug-likeness (QED) is 0.109. The lowest BCUT2D eigenvalue weighted by Gasteiger charge is -2.28. The summed E-state index contributed by atoms with van der Waals surface area (Å²) in [6.45, 7) is -0.108. The first kappa shape index (κ1) is 29.9. The Morgan fingerprint density at radius 1 is 1.32 bits per heavy atom. The van der Waals surface area contributed by atoms with Gasteiger partial charge in [0.2, 0.25) is 0 Å². The van der Waals surface area contributed by atoms with Crippen LogP contribution in [-0.4, -0.2) is 74.7 Å². The van der Waals surface area contributed by atoms with E-state index < -0.39 is 60.2 Å². The minimum Gasteiger partial charge on any atom is -0.387 e. The summed E-state index contributed by atoms with van der Waals surface area (Å²) in [6, 6.07) is 0. The van der Waals surface area contributed by atoms with E-state index in [1.807, 2.05) is 0 Å². The van der Waals surface area contributed by atoms with Gasteiger partial charge < -0.3 is 45.9 Å². The molecule has 10 N–H and O–H groups in total. The number of aliphatic hydroxyl groups excluding tert-OH is 1. The van der Waals surface area contributed by atoms with Crippen molar-refractivity contribution in [2.45, 2.75) is 37.0 Å². The van der Waals surface area contributed by atoms with Crippen molar-refractivity contribution in [1.82, 2.24) is 19.5 Å². The highest BCUT2D eigenvalue weighted by atomic mass is 32.1. The highest BCUT2D eigenvalue weighted by molar-refractivity contribution is 7.71. The van der Waals surface area contributed by atoms with E-state index >= 15 is 0 Å². The van der Waals surface area contributed by atoms with E-state index in [-0.39, 0.29) is 21.8 Å². The van der Waals surface area contributed by atoms with E-state index in [1.165, 1.54) is 10.9 Å². The summed E-state index contributed by atoms with van der Waals surface area (Å²) in [6.07, 6.45) is -5.48. The van der Waals surface area contributed by atoms with E-state index in [9.17, 15) is 33.0 Å². The number of hydrogen-bond donors (Lipinski definition) is 8. The molecule has 0 saturated carbocycles. The molecule has 3 unspecified atom stereocenters. The van der Waals surface area contributed by atoms with Crippen LogP contribution in [0, 0.1) is 16.5 Å². The zero-order valence-electron chi connectivity index (χ0n) is 18.3. The molecule has 0 spiro atoms. The van der Waals surface area contributed by atoms with Gasteiger partial charge in [-0.1, -0.05) is 24.1 Å². The van der Waals surface area contributed by atoms with Gasteiger partial charge in [-0.15, -0.1) is 0 Å². The maximum atomic E-state index is 12.9. The van der Waals surface area contributed by atoms with Crippen molar-refractivity contribution >= 4 is 52.8 Å². The number of ether oxygens (including phenoxy) is 1. The van der Waals surface area contributed by atoms with Crippen LogP contribution in [-0.2, 0) is 31.6 Å². The van der Waals surface area contributed by atoms with Crippen molar-refractivity contribution in [3.63, 3.8) is 0 Å². The number of fused-ring (bicyclic) bond motifs is 1. The normalized spacial score (nSPS) is 28.3. The average Bonchev–Trinajstić information content (AvgIpc) is 3.23. The summed E-state index contributed by atoms with van der Waals surface area (Å²) in [4.78, 5) is 47.0. The number of imidazole rings is 1. The molecular weight excluding hydrogens is 588 g/mol. The third kappa shape index (κ3) is 6.68. The van der Waals surface area contributed by atoms with Gasteiger partial charge in [-0.05, 0) is 6.92 Å². The van der Waals surface area contributed by atoms with Crippen molar-refractivity contribution < 1.29 is 60.6 Å². The summed E-state index contributed by atoms with van der Waals surface area (Å²) in [5, 5.41) is 10.9. The second-order valence-electron chi connectivity index (χ2n) is 7.44. The first-order chi connectivity index (χ1) is 16.9. The van der Waals surface area contributed by atoms with Crippen LogP contribution in [0.4, 0.5) is 10.3 Å². The summed E-state index contributed by atoms with van der Waals surface area (Å²) in [5.74, 6) is 4.29. The van der Waals surface area contributed by atoms with Gasteiger partial charge in [-0.2, -0.15) is 8.62 Å². The summed E-state index contributed by atoms with van der Waals surface area (Å²) < 4.78 is 66.5. The molecule has 0 amide bonds. The Kier molecular flexibility index (Phi) is 8.48. The topological polar surface area (TPSA) is 288 Å². The van der Waals surface area contributed by atoms with Crippen molar-refractivity contribution in [3.8, 4) is 11.8 Å². The number of aromatic amines is 1. The minimum absolute atomic E-state index is 0.00131. The molecule has 1 aliphatic rings. The van der Waals surface area contributed by atoms with E-state index in [2.05, 4.69) is 35.4 Å². The fraction of sp³-hybridized carbons (Fsp3) is 0.500. The van der Waals surface area contributed by atoms with Crippen molar-refractivity contribution in [1.29, 1.82) is 0 Å². The standard InChI is InChI=1S/C14H20FN6O12P3S/c1-6(31-35(26,27)33-36(28,29)32-34(23,24)25)8-9(22)14(17,3-2-4-15)12(30-8)21-5-18-7-10(21)19-13(16)20-11(7)37/h5-6,8-9,12,22H,4,17H2,1H3,(H,26,27)(H,28,29)(H2,23,24,25)(H3,16,19,20,37)/t6-,8+,9-,12+,14?/m0/s1. The van der Waals surface area contributed by atoms with Crippen LogP contribution < -0.4 is 11.5 Å². The van der Waals surface area contributed by atoms with Crippen molar-refractivity contribution in [2.24, 2.45) is 5.73 Å². The van der Waals surface area contributed by atoms with Gasteiger partial charge in [-0.3, -0.25) is 9.09 Å². The maximum Gasteiger partial charge on any atom is 0.490 e. The van der Waals surface area contributed by atoms with Gasteiger partial charge in [0, 0.05) is 0 Å². The number of hydrogen-bond acceptors (Lipinski definition) is 13. The molecule has 1 saturated heterocycles. The van der Waals surface area contributed by atoms with Gasteiger partial charge in [0.1, 0.15) is 30.0 Å². The van der Waals surface area contributed by atoms with Crippen LogP contribution in [0.15, 0.2) is 6.33 Å². The monoisotopic (exact) mass is 608 g/mol. The van der Waals surface area contributed by atoms with Gasteiger partial charge in [0.15, 0.2) is 22.4 Å². The number of alkyl halides is 1. The van der Waals surface area contributed by atoms with E-state index in [1.54, 1.807) is 0 Å². The Hall–Kier alpha value is -1.65. The number of nitrogen functional groups attached to an aromatic ring is 1. The zero-order chi connectivity index (χ0) is 28.0. The number of H-pyrrole nitrogens is 1. The van der Waals surface area contributed by atoms with Gasteiger partial charge in [0.05, 0.1) is 12.4 Å². The van der Waals surface area contributed by atoms with Crippen LogP contribution >= 0.6 is 35.7 Å². The predicted octanol–water partition coefficient (Wildman–Crippen LogP) is -0.268. The van der Waals surface area contributed by atoms with Crippen LogP contribution in [0.3, 0.4) is 0 Å². The molecule has 7 atom stereocenters. The molecule has 0 aliphatic carbocycles. The average molecular weight is 608 g/mol. The number of nitrogens with one attached hydrogen (secondary N) is 1. The molecule has 2 aromatic heterocycles. The van der Waals surface area contributed by atoms with Crippen LogP contribution in [0.1, 0.15) is 13.2 Å².